The van der Waals surface area contributed by atoms with Gasteiger partial charge in [-0.15, -0.1) is 0 Å². The van der Waals surface area contributed by atoms with Crippen LogP contribution >= 0.6 is 0 Å². The Balaban J connectivity index is 2.49. The molecule has 0 atom stereocenters. The minimum atomic E-state index is 0.168. The number of carbonyl (C=O) groups is 1. The lowest BCUT2D eigenvalue weighted by Crippen LogP contribution is -2.33. The second kappa shape index (κ2) is 6.79. The number of benzene rings is 1. The second-order valence-electron chi connectivity index (χ2n) is 5.47. The Morgan fingerprint density at radius 2 is 1.90 bits per heavy atom. The summed E-state index contributed by atoms with van der Waals surface area (Å²) in [4.78, 5) is 14.9. The fraction of sp³-hybridized carbons (Fsp3) is 0.500. The molecule has 2 rings (SSSR count). The third-order valence-electron chi connectivity index (χ3n) is 4.19. The molecule has 3 heteroatoms. The fourth-order valence-corrected chi connectivity index (χ4v) is 2.98. The molecule has 21 heavy (non-hydrogen) atoms. The summed E-state index contributed by atoms with van der Waals surface area (Å²) in [7, 11) is 0. The molecule has 0 saturated heterocycles. The van der Waals surface area contributed by atoms with E-state index in [0.29, 0.717) is 0 Å². The lowest BCUT2D eigenvalue weighted by atomic mass is 10.1. The number of para-hydroxylation sites is 1. The van der Waals surface area contributed by atoms with Crippen LogP contribution in [-0.2, 0) is 6.54 Å². The van der Waals surface area contributed by atoms with E-state index in [1.807, 2.05) is 17.0 Å². The summed E-state index contributed by atoms with van der Waals surface area (Å²) in [5.41, 5.74) is 3.12. The first kappa shape index (κ1) is 15.6. The van der Waals surface area contributed by atoms with Crippen LogP contribution in [0.1, 0.15) is 49.7 Å². The molecule has 1 aromatic heterocycles. The minimum absolute atomic E-state index is 0.168. The molecular formula is C18H26N2O. The van der Waals surface area contributed by atoms with Gasteiger partial charge in [0.05, 0.1) is 0 Å². The summed E-state index contributed by atoms with van der Waals surface area (Å²) in [6, 6.07) is 8.29. The van der Waals surface area contributed by atoms with Crippen molar-refractivity contribution >= 4 is 16.8 Å². The van der Waals surface area contributed by atoms with Crippen LogP contribution in [0.15, 0.2) is 24.3 Å². The molecule has 0 aliphatic carbocycles. The van der Waals surface area contributed by atoms with Gasteiger partial charge < -0.3 is 9.47 Å². The normalized spacial score (nSPS) is 11.0. The second-order valence-corrected chi connectivity index (χ2v) is 5.47. The molecule has 0 fully saturated rings. The Morgan fingerprint density at radius 1 is 1.19 bits per heavy atom. The van der Waals surface area contributed by atoms with E-state index >= 15 is 0 Å². The first-order chi connectivity index (χ1) is 10.2. The molecule has 0 radical (unpaired) electrons. The van der Waals surface area contributed by atoms with Crippen LogP contribution in [-0.4, -0.2) is 28.5 Å². The number of hydrogen-bond donors (Lipinski definition) is 0. The summed E-state index contributed by atoms with van der Waals surface area (Å²) in [5.74, 6) is 0.168. The summed E-state index contributed by atoms with van der Waals surface area (Å²) < 4.78 is 2.15. The summed E-state index contributed by atoms with van der Waals surface area (Å²) in [6.07, 6.45) is 2.17. The van der Waals surface area contributed by atoms with Gasteiger partial charge in [-0.2, -0.15) is 0 Å². The molecule has 0 bridgehead atoms. The van der Waals surface area contributed by atoms with E-state index in [0.717, 1.165) is 49.2 Å². The average molecular weight is 286 g/mol. The SMILES string of the molecule is CCCCN(CC)C(=O)c1c(C)c2ccccc2n1CC. The van der Waals surface area contributed by atoms with Crippen LogP contribution in [0.25, 0.3) is 10.9 Å². The van der Waals surface area contributed by atoms with Gasteiger partial charge in [-0.05, 0) is 38.8 Å². The van der Waals surface area contributed by atoms with Crippen LogP contribution in [0, 0.1) is 6.92 Å². The fourth-order valence-electron chi connectivity index (χ4n) is 2.98. The number of hydrogen-bond acceptors (Lipinski definition) is 1. The van der Waals surface area contributed by atoms with Crippen molar-refractivity contribution in [2.24, 2.45) is 0 Å². The van der Waals surface area contributed by atoms with Crippen molar-refractivity contribution in [3.05, 3.63) is 35.5 Å². The molecule has 0 aliphatic rings. The highest BCUT2D eigenvalue weighted by Crippen LogP contribution is 2.26. The largest absolute Gasteiger partial charge is 0.338 e. The van der Waals surface area contributed by atoms with Crippen molar-refractivity contribution in [2.45, 2.75) is 47.1 Å². The lowest BCUT2D eigenvalue weighted by molar-refractivity contribution is 0.0751. The Bertz CT molecular complexity index is 627. The molecule has 0 aliphatic heterocycles. The molecule has 114 valence electrons. The zero-order valence-corrected chi connectivity index (χ0v) is 13.6. The minimum Gasteiger partial charge on any atom is -0.338 e. The zero-order valence-electron chi connectivity index (χ0n) is 13.6. The average Bonchev–Trinajstić information content (AvgIpc) is 2.80. The Labute approximate surface area is 127 Å². The van der Waals surface area contributed by atoms with Crippen molar-refractivity contribution in [1.29, 1.82) is 0 Å². The topological polar surface area (TPSA) is 25.2 Å². The van der Waals surface area contributed by atoms with E-state index < -0.39 is 0 Å². The van der Waals surface area contributed by atoms with Crippen LogP contribution in [0.5, 0.6) is 0 Å². The van der Waals surface area contributed by atoms with Gasteiger partial charge in [-0.25, -0.2) is 0 Å². The highest BCUT2D eigenvalue weighted by Gasteiger charge is 2.22. The van der Waals surface area contributed by atoms with Crippen LogP contribution in [0.4, 0.5) is 0 Å². The van der Waals surface area contributed by atoms with Crippen molar-refractivity contribution in [3.63, 3.8) is 0 Å². The van der Waals surface area contributed by atoms with Gasteiger partial charge in [-0.1, -0.05) is 31.5 Å². The Morgan fingerprint density at radius 3 is 2.52 bits per heavy atom. The highest BCUT2D eigenvalue weighted by atomic mass is 16.2. The number of amides is 1. The van der Waals surface area contributed by atoms with Crippen LogP contribution in [0.2, 0.25) is 0 Å². The lowest BCUT2D eigenvalue weighted by Gasteiger charge is -2.22. The number of fused-ring (bicyclic) bond motifs is 1. The standard InChI is InChI=1S/C18H26N2O/c1-5-8-13-19(6-2)18(21)17-14(4)15-11-9-10-12-16(15)20(17)7-3/h9-12H,5-8,13H2,1-4H3. The van der Waals surface area contributed by atoms with Gasteiger partial charge in [-0.3, -0.25) is 4.79 Å². The quantitative estimate of drug-likeness (QED) is 0.780. The predicted octanol–water partition coefficient (Wildman–Crippen LogP) is 4.23. The summed E-state index contributed by atoms with van der Waals surface area (Å²) in [6.45, 7) is 10.8. The molecular weight excluding hydrogens is 260 g/mol. The molecule has 0 saturated carbocycles. The van der Waals surface area contributed by atoms with Gasteiger partial charge in [0.1, 0.15) is 5.69 Å². The van der Waals surface area contributed by atoms with E-state index in [1.165, 1.54) is 5.39 Å². The Kier molecular flexibility index (Phi) is 5.05. The maximum atomic E-state index is 13.0. The van der Waals surface area contributed by atoms with Crippen LogP contribution in [0.3, 0.4) is 0 Å². The van der Waals surface area contributed by atoms with E-state index in [1.54, 1.807) is 0 Å². The third-order valence-corrected chi connectivity index (χ3v) is 4.19. The molecule has 1 aromatic carbocycles. The first-order valence-corrected chi connectivity index (χ1v) is 8.02. The number of carbonyl (C=O) groups excluding carboxylic acids is 1. The molecule has 0 unspecified atom stereocenters. The highest BCUT2D eigenvalue weighted by molar-refractivity contribution is 6.01. The van der Waals surface area contributed by atoms with Crippen molar-refractivity contribution in [1.82, 2.24) is 9.47 Å². The molecule has 1 amide bonds. The molecule has 3 nitrogen and oxygen atoms in total. The molecule has 1 heterocycles. The summed E-state index contributed by atoms with van der Waals surface area (Å²) in [5, 5.41) is 1.19. The first-order valence-electron chi connectivity index (χ1n) is 8.02. The zero-order chi connectivity index (χ0) is 15.4. The summed E-state index contributed by atoms with van der Waals surface area (Å²) >= 11 is 0. The van der Waals surface area contributed by atoms with E-state index in [9.17, 15) is 4.79 Å². The number of aryl methyl sites for hydroxylation is 2. The van der Waals surface area contributed by atoms with Gasteiger partial charge >= 0.3 is 0 Å². The number of unbranched alkanes of at least 4 members (excludes halogenated alkanes) is 1. The van der Waals surface area contributed by atoms with Crippen molar-refractivity contribution in [3.8, 4) is 0 Å². The predicted molar refractivity (Wildman–Crippen MR) is 88.8 cm³/mol. The monoisotopic (exact) mass is 286 g/mol. The molecule has 0 spiro atoms. The van der Waals surface area contributed by atoms with Gasteiger partial charge in [0.2, 0.25) is 0 Å². The van der Waals surface area contributed by atoms with E-state index in [4.69, 9.17) is 0 Å². The maximum absolute atomic E-state index is 13.0. The number of aromatic nitrogens is 1. The number of rotatable bonds is 6. The van der Waals surface area contributed by atoms with Crippen molar-refractivity contribution < 1.29 is 4.79 Å². The van der Waals surface area contributed by atoms with Gasteiger partial charge in [0, 0.05) is 30.5 Å². The van der Waals surface area contributed by atoms with Gasteiger partial charge in [0.25, 0.3) is 5.91 Å². The van der Waals surface area contributed by atoms with Crippen LogP contribution < -0.4 is 0 Å². The number of nitrogens with zero attached hydrogens (tertiary/aromatic N) is 2. The molecule has 0 N–H and O–H groups in total. The van der Waals surface area contributed by atoms with E-state index in [2.05, 4.69) is 44.4 Å². The van der Waals surface area contributed by atoms with E-state index in [-0.39, 0.29) is 5.91 Å². The smallest absolute Gasteiger partial charge is 0.270 e. The van der Waals surface area contributed by atoms with Gasteiger partial charge in [0.15, 0.2) is 0 Å². The van der Waals surface area contributed by atoms with Crippen molar-refractivity contribution in [2.75, 3.05) is 13.1 Å². The maximum Gasteiger partial charge on any atom is 0.270 e. The molecule has 2 aromatic rings. The third kappa shape index (κ3) is 2.82. The Hall–Kier alpha value is -1.77.